The van der Waals surface area contributed by atoms with E-state index in [1.807, 2.05) is 36.1 Å². The number of rotatable bonds is 3. The second-order valence-electron chi connectivity index (χ2n) is 7.96. The van der Waals surface area contributed by atoms with Gasteiger partial charge in [0.05, 0.1) is 11.5 Å². The fourth-order valence-electron chi connectivity index (χ4n) is 4.00. The molecule has 1 aromatic heterocycles. The van der Waals surface area contributed by atoms with E-state index < -0.39 is 11.7 Å². The molecule has 0 N–H and O–H groups in total. The van der Waals surface area contributed by atoms with Gasteiger partial charge in [0.1, 0.15) is 5.82 Å². The number of alkyl halides is 3. The molecule has 1 aromatic carbocycles. The Bertz CT molecular complexity index is 952. The normalized spacial score (nSPS) is 19.8. The molecule has 9 heteroatoms. The van der Waals surface area contributed by atoms with E-state index in [9.17, 15) is 22.8 Å². The average Bonchev–Trinajstić information content (AvgIpc) is 3.15. The molecule has 6 nitrogen and oxygen atoms in total. The zero-order valence-corrected chi connectivity index (χ0v) is 17.1. The van der Waals surface area contributed by atoms with E-state index >= 15 is 0 Å². The van der Waals surface area contributed by atoms with Crippen LogP contribution < -0.4 is 9.80 Å². The number of benzene rings is 1. The molecule has 0 radical (unpaired) electrons. The molecule has 2 saturated heterocycles. The quantitative estimate of drug-likeness (QED) is 0.748. The molecule has 0 saturated carbocycles. The second-order valence-corrected chi connectivity index (χ2v) is 7.96. The lowest BCUT2D eigenvalue weighted by molar-refractivity contribution is -0.138. The average molecular weight is 432 g/mol. The first-order chi connectivity index (χ1) is 14.7. The summed E-state index contributed by atoms with van der Waals surface area (Å²) in [6, 6.07) is 10.0. The van der Waals surface area contributed by atoms with Gasteiger partial charge in [-0.15, -0.1) is 0 Å². The van der Waals surface area contributed by atoms with Gasteiger partial charge in [-0.25, -0.2) is 4.98 Å². The van der Waals surface area contributed by atoms with E-state index in [-0.39, 0.29) is 24.2 Å². The second kappa shape index (κ2) is 8.20. The van der Waals surface area contributed by atoms with Gasteiger partial charge in [0, 0.05) is 51.0 Å². The minimum absolute atomic E-state index is 0.0528. The Kier molecular flexibility index (Phi) is 5.60. The summed E-state index contributed by atoms with van der Waals surface area (Å²) in [6.07, 6.45) is -3.40. The topological polar surface area (TPSA) is 56.8 Å². The summed E-state index contributed by atoms with van der Waals surface area (Å²) in [6.45, 7) is 4.18. The van der Waals surface area contributed by atoms with Crippen LogP contribution >= 0.6 is 0 Å². The maximum Gasteiger partial charge on any atom is 0.417 e. The smallest absolute Gasteiger partial charge is 0.353 e. The van der Waals surface area contributed by atoms with Crippen molar-refractivity contribution in [2.24, 2.45) is 5.92 Å². The lowest BCUT2D eigenvalue weighted by atomic mass is 10.1. The molecule has 31 heavy (non-hydrogen) atoms. The van der Waals surface area contributed by atoms with Crippen LogP contribution in [-0.2, 0) is 15.8 Å². The molecule has 2 aromatic rings. The SMILES string of the molecule is Cc1ccc(N2CC(C(=O)N3CCN(c4ccc(C(F)(F)F)cn4)CC3)CC2=O)cc1. The molecule has 4 rings (SSSR count). The van der Waals surface area contributed by atoms with Crippen molar-refractivity contribution in [3.05, 3.63) is 53.7 Å². The van der Waals surface area contributed by atoms with Gasteiger partial charge >= 0.3 is 6.18 Å². The lowest BCUT2D eigenvalue weighted by Gasteiger charge is -2.36. The van der Waals surface area contributed by atoms with Gasteiger partial charge in [-0.3, -0.25) is 9.59 Å². The summed E-state index contributed by atoms with van der Waals surface area (Å²) in [5.41, 5.74) is 1.11. The number of anilines is 2. The molecule has 0 bridgehead atoms. The van der Waals surface area contributed by atoms with Crippen LogP contribution in [0.25, 0.3) is 0 Å². The van der Waals surface area contributed by atoms with Gasteiger partial charge in [-0.2, -0.15) is 13.2 Å². The van der Waals surface area contributed by atoms with Crippen LogP contribution in [0.3, 0.4) is 0 Å². The van der Waals surface area contributed by atoms with Crippen molar-refractivity contribution in [1.29, 1.82) is 0 Å². The largest absolute Gasteiger partial charge is 0.417 e. The predicted molar refractivity (Wildman–Crippen MR) is 110 cm³/mol. The zero-order valence-electron chi connectivity index (χ0n) is 17.1. The van der Waals surface area contributed by atoms with Gasteiger partial charge < -0.3 is 14.7 Å². The van der Waals surface area contributed by atoms with Crippen LogP contribution in [0.2, 0.25) is 0 Å². The van der Waals surface area contributed by atoms with Crippen LogP contribution in [0.5, 0.6) is 0 Å². The predicted octanol–water partition coefficient (Wildman–Crippen LogP) is 3.11. The van der Waals surface area contributed by atoms with E-state index in [1.54, 1.807) is 9.80 Å². The summed E-state index contributed by atoms with van der Waals surface area (Å²) in [7, 11) is 0. The molecule has 3 heterocycles. The first kappa shape index (κ1) is 21.1. The molecule has 2 fully saturated rings. The molecule has 1 unspecified atom stereocenters. The van der Waals surface area contributed by atoms with Crippen molar-refractivity contribution < 1.29 is 22.8 Å². The minimum atomic E-state index is -4.41. The number of hydrogen-bond acceptors (Lipinski definition) is 4. The van der Waals surface area contributed by atoms with E-state index in [0.29, 0.717) is 38.5 Å². The zero-order chi connectivity index (χ0) is 22.2. The number of hydrogen-bond donors (Lipinski definition) is 0. The maximum atomic E-state index is 13.0. The monoisotopic (exact) mass is 432 g/mol. The van der Waals surface area contributed by atoms with E-state index in [1.165, 1.54) is 6.07 Å². The molecule has 0 spiro atoms. The Labute approximate surface area is 178 Å². The van der Waals surface area contributed by atoms with Gasteiger partial charge in [0.15, 0.2) is 0 Å². The summed E-state index contributed by atoms with van der Waals surface area (Å²) in [5.74, 6) is -0.0379. The van der Waals surface area contributed by atoms with Crippen LogP contribution in [-0.4, -0.2) is 54.4 Å². The van der Waals surface area contributed by atoms with E-state index in [0.717, 1.165) is 23.5 Å². The molecule has 2 amide bonds. The number of aromatic nitrogens is 1. The molecule has 0 aliphatic carbocycles. The highest BCUT2D eigenvalue weighted by Crippen LogP contribution is 2.30. The Morgan fingerprint density at radius 3 is 2.29 bits per heavy atom. The van der Waals surface area contributed by atoms with Gasteiger partial charge in [-0.05, 0) is 31.2 Å². The van der Waals surface area contributed by atoms with Gasteiger partial charge in [-0.1, -0.05) is 17.7 Å². The third-order valence-electron chi connectivity index (χ3n) is 5.81. The third-order valence-corrected chi connectivity index (χ3v) is 5.81. The van der Waals surface area contributed by atoms with E-state index in [2.05, 4.69) is 4.98 Å². The molecule has 164 valence electrons. The lowest BCUT2D eigenvalue weighted by Crippen LogP contribution is -2.51. The maximum absolute atomic E-state index is 13.0. The first-order valence-electron chi connectivity index (χ1n) is 10.2. The van der Waals surface area contributed by atoms with Gasteiger partial charge in [0.2, 0.25) is 11.8 Å². The Balaban J connectivity index is 1.34. The number of carbonyl (C=O) groups is 2. The Morgan fingerprint density at radius 1 is 1.03 bits per heavy atom. The summed E-state index contributed by atoms with van der Waals surface area (Å²) < 4.78 is 38.1. The third kappa shape index (κ3) is 4.50. The number of pyridine rings is 1. The van der Waals surface area contributed by atoms with Crippen molar-refractivity contribution in [3.63, 3.8) is 0 Å². The highest BCUT2D eigenvalue weighted by Gasteiger charge is 2.38. The number of piperazine rings is 1. The number of amides is 2. The standard InChI is InChI=1S/C22H23F3N4O2/c1-15-2-5-18(6-3-15)29-14-16(12-20(29)30)21(31)28-10-8-27(9-11-28)19-7-4-17(13-26-19)22(23,24)25/h2-7,13,16H,8-12,14H2,1H3. The molecular formula is C22H23F3N4O2. The number of halogens is 3. The number of nitrogens with zero attached hydrogens (tertiary/aromatic N) is 4. The van der Waals surface area contributed by atoms with Crippen LogP contribution in [0, 0.1) is 12.8 Å². The Hall–Kier alpha value is -3.10. The van der Waals surface area contributed by atoms with Crippen molar-refractivity contribution in [3.8, 4) is 0 Å². The van der Waals surface area contributed by atoms with Crippen molar-refractivity contribution >= 4 is 23.3 Å². The fraction of sp³-hybridized carbons (Fsp3) is 0.409. The van der Waals surface area contributed by atoms with E-state index in [4.69, 9.17) is 0 Å². The number of carbonyl (C=O) groups excluding carboxylic acids is 2. The molecule has 2 aliphatic heterocycles. The highest BCUT2D eigenvalue weighted by atomic mass is 19.4. The van der Waals surface area contributed by atoms with Crippen molar-refractivity contribution in [1.82, 2.24) is 9.88 Å². The summed E-state index contributed by atoms with van der Waals surface area (Å²) in [5, 5.41) is 0. The first-order valence-corrected chi connectivity index (χ1v) is 10.2. The molecular weight excluding hydrogens is 409 g/mol. The van der Waals surface area contributed by atoms with Crippen molar-refractivity contribution in [2.75, 3.05) is 42.5 Å². The highest BCUT2D eigenvalue weighted by molar-refractivity contribution is 6.00. The summed E-state index contributed by atoms with van der Waals surface area (Å²) in [4.78, 5) is 34.6. The summed E-state index contributed by atoms with van der Waals surface area (Å²) >= 11 is 0. The molecule has 1 atom stereocenters. The molecule has 2 aliphatic rings. The minimum Gasteiger partial charge on any atom is -0.353 e. The van der Waals surface area contributed by atoms with Crippen LogP contribution in [0.15, 0.2) is 42.6 Å². The van der Waals surface area contributed by atoms with Crippen LogP contribution in [0.1, 0.15) is 17.5 Å². The van der Waals surface area contributed by atoms with Crippen molar-refractivity contribution in [2.45, 2.75) is 19.5 Å². The Morgan fingerprint density at radius 2 is 1.71 bits per heavy atom. The fourth-order valence-corrected chi connectivity index (χ4v) is 4.00. The number of aryl methyl sites for hydroxylation is 1. The van der Waals surface area contributed by atoms with Crippen LogP contribution in [0.4, 0.5) is 24.7 Å². The van der Waals surface area contributed by atoms with Gasteiger partial charge in [0.25, 0.3) is 0 Å².